The summed E-state index contributed by atoms with van der Waals surface area (Å²) in [5.41, 5.74) is 2.76. The third-order valence-corrected chi connectivity index (χ3v) is 6.04. The fourth-order valence-corrected chi connectivity index (χ4v) is 4.32. The maximum absolute atomic E-state index is 13.1. The summed E-state index contributed by atoms with van der Waals surface area (Å²) in [6.45, 7) is 2.16. The van der Waals surface area contributed by atoms with Crippen molar-refractivity contribution >= 4 is 39.5 Å². The van der Waals surface area contributed by atoms with Gasteiger partial charge in [0.05, 0.1) is 5.69 Å². The molecule has 4 aromatic rings. The molecule has 0 aliphatic carbocycles. The quantitative estimate of drug-likeness (QED) is 0.422. The van der Waals surface area contributed by atoms with Gasteiger partial charge >= 0.3 is 0 Å². The summed E-state index contributed by atoms with van der Waals surface area (Å²) in [5, 5.41) is 5.15. The maximum Gasteiger partial charge on any atom is 0.271 e. The minimum Gasteiger partial charge on any atom is -0.322 e. The van der Waals surface area contributed by atoms with Gasteiger partial charge in [0.1, 0.15) is 5.56 Å². The van der Waals surface area contributed by atoms with E-state index < -0.39 is 11.5 Å². The number of aryl methyl sites for hydroxylation is 1. The van der Waals surface area contributed by atoms with Gasteiger partial charge in [-0.15, -0.1) is 11.3 Å². The highest BCUT2D eigenvalue weighted by molar-refractivity contribution is 7.15. The number of hydrogen-bond donors (Lipinski definition) is 1. The molecule has 1 amide bonds. The number of nitrogens with one attached hydrogen (secondary N) is 1. The lowest BCUT2D eigenvalue weighted by Crippen LogP contribution is -2.26. The number of thiazole rings is 1. The van der Waals surface area contributed by atoms with E-state index in [9.17, 15) is 9.59 Å². The maximum atomic E-state index is 13.1. The summed E-state index contributed by atoms with van der Waals surface area (Å²) < 4.78 is 1.44. The molecule has 0 aliphatic rings. The molecule has 0 fully saturated rings. The van der Waals surface area contributed by atoms with Gasteiger partial charge in [0.15, 0.2) is 4.96 Å². The molecule has 0 unspecified atom stereocenters. The number of nitrogens with zero attached hydrogens (tertiary/aromatic N) is 2. The van der Waals surface area contributed by atoms with E-state index in [0.29, 0.717) is 21.4 Å². The molecule has 2 heterocycles. The van der Waals surface area contributed by atoms with Crippen LogP contribution in [0.15, 0.2) is 64.9 Å². The highest BCUT2D eigenvalue weighted by Crippen LogP contribution is 2.30. The Morgan fingerprint density at radius 3 is 2.67 bits per heavy atom. The third-order valence-electron chi connectivity index (χ3n) is 4.87. The largest absolute Gasteiger partial charge is 0.322 e. The smallest absolute Gasteiger partial charge is 0.271 e. The molecule has 0 saturated carbocycles. The highest BCUT2D eigenvalue weighted by Gasteiger charge is 2.18. The van der Waals surface area contributed by atoms with Crippen molar-refractivity contribution < 1.29 is 4.79 Å². The molecule has 0 saturated heterocycles. The highest BCUT2D eigenvalue weighted by atomic mass is 35.5. The summed E-state index contributed by atoms with van der Waals surface area (Å²) in [4.78, 5) is 30.7. The Balaban J connectivity index is 1.65. The van der Waals surface area contributed by atoms with E-state index in [1.165, 1.54) is 27.5 Å². The van der Waals surface area contributed by atoms with Crippen LogP contribution < -0.4 is 10.9 Å². The molecule has 4 rings (SSSR count). The van der Waals surface area contributed by atoms with Gasteiger partial charge in [-0.1, -0.05) is 55.3 Å². The van der Waals surface area contributed by atoms with Crippen LogP contribution in [0.2, 0.25) is 5.02 Å². The molecule has 0 bridgehead atoms. The molecule has 2 aromatic heterocycles. The SMILES string of the molecule is CCCCc1ccc(NC(=O)c2cnc3scc(-c4ccccc4Cl)n3c2=O)cc1. The summed E-state index contributed by atoms with van der Waals surface area (Å²) in [6, 6.07) is 15.0. The van der Waals surface area contributed by atoms with Crippen molar-refractivity contribution in [2.45, 2.75) is 26.2 Å². The van der Waals surface area contributed by atoms with Crippen molar-refractivity contribution in [3.8, 4) is 11.3 Å². The predicted molar refractivity (Wildman–Crippen MR) is 123 cm³/mol. The molecule has 30 heavy (non-hydrogen) atoms. The van der Waals surface area contributed by atoms with Gasteiger partial charge in [-0.2, -0.15) is 0 Å². The van der Waals surface area contributed by atoms with Gasteiger partial charge in [0, 0.05) is 27.9 Å². The first-order valence-electron chi connectivity index (χ1n) is 9.73. The molecule has 0 spiro atoms. The van der Waals surface area contributed by atoms with Crippen molar-refractivity contribution in [3.63, 3.8) is 0 Å². The van der Waals surface area contributed by atoms with Crippen molar-refractivity contribution in [2.24, 2.45) is 0 Å². The molecule has 2 aromatic carbocycles. The number of anilines is 1. The number of rotatable bonds is 6. The summed E-state index contributed by atoms with van der Waals surface area (Å²) in [5.74, 6) is -0.487. The minimum absolute atomic E-state index is 0.0192. The van der Waals surface area contributed by atoms with Crippen LogP contribution in [0, 0.1) is 0 Å². The van der Waals surface area contributed by atoms with Crippen LogP contribution in [0.25, 0.3) is 16.2 Å². The van der Waals surface area contributed by atoms with Crippen LogP contribution in [0.5, 0.6) is 0 Å². The molecular formula is C23H20ClN3O2S. The van der Waals surface area contributed by atoms with E-state index in [2.05, 4.69) is 17.2 Å². The normalized spacial score (nSPS) is 11.0. The number of hydrogen-bond acceptors (Lipinski definition) is 4. The van der Waals surface area contributed by atoms with Crippen LogP contribution in [0.4, 0.5) is 5.69 Å². The van der Waals surface area contributed by atoms with Gasteiger partial charge in [-0.05, 0) is 36.6 Å². The van der Waals surface area contributed by atoms with Crippen LogP contribution >= 0.6 is 22.9 Å². The topological polar surface area (TPSA) is 63.5 Å². The second kappa shape index (κ2) is 8.81. The van der Waals surface area contributed by atoms with E-state index in [1.807, 2.05) is 47.8 Å². The second-order valence-electron chi connectivity index (χ2n) is 6.95. The average molecular weight is 438 g/mol. The van der Waals surface area contributed by atoms with Crippen molar-refractivity contribution in [1.29, 1.82) is 0 Å². The lowest BCUT2D eigenvalue weighted by Gasteiger charge is -2.08. The lowest BCUT2D eigenvalue weighted by molar-refractivity contribution is 0.102. The summed E-state index contributed by atoms with van der Waals surface area (Å²) in [6.07, 6.45) is 4.60. The molecule has 0 radical (unpaired) electrons. The number of amides is 1. The van der Waals surface area contributed by atoms with Gasteiger partial charge in [-0.3, -0.25) is 14.0 Å². The second-order valence-corrected chi connectivity index (χ2v) is 8.19. The van der Waals surface area contributed by atoms with E-state index in [0.717, 1.165) is 24.8 Å². The van der Waals surface area contributed by atoms with Crippen LogP contribution in [-0.4, -0.2) is 15.3 Å². The average Bonchev–Trinajstić information content (AvgIpc) is 3.18. The number of aromatic nitrogens is 2. The molecule has 5 nitrogen and oxygen atoms in total. The van der Waals surface area contributed by atoms with Gasteiger partial charge in [-0.25, -0.2) is 4.98 Å². The number of carbonyl (C=O) groups excluding carboxylic acids is 1. The number of fused-ring (bicyclic) bond motifs is 1. The van der Waals surface area contributed by atoms with E-state index in [-0.39, 0.29) is 5.56 Å². The van der Waals surface area contributed by atoms with Gasteiger partial charge < -0.3 is 5.32 Å². The van der Waals surface area contributed by atoms with Crippen LogP contribution in [0.1, 0.15) is 35.7 Å². The molecular weight excluding hydrogens is 418 g/mol. The summed E-state index contributed by atoms with van der Waals surface area (Å²) in [7, 11) is 0. The predicted octanol–water partition coefficient (Wildman–Crippen LogP) is 5.67. The number of unbranched alkanes of at least 4 members (excludes halogenated alkanes) is 1. The van der Waals surface area contributed by atoms with Crippen molar-refractivity contribution in [1.82, 2.24) is 9.38 Å². The number of carbonyl (C=O) groups is 1. The van der Waals surface area contributed by atoms with Gasteiger partial charge in [0.25, 0.3) is 11.5 Å². The first kappa shape index (κ1) is 20.3. The van der Waals surface area contributed by atoms with E-state index in [4.69, 9.17) is 11.6 Å². The molecule has 0 aliphatic heterocycles. The Kier molecular flexibility index (Phi) is 5.97. The number of halogens is 1. The standard InChI is InChI=1S/C23H20ClN3O2S/c1-2-3-6-15-9-11-16(12-10-15)26-21(28)18-13-25-23-27(22(18)29)20(14-30-23)17-7-4-5-8-19(17)24/h4-5,7-14H,2-3,6H2,1H3,(H,26,28). The molecule has 152 valence electrons. The zero-order valence-electron chi connectivity index (χ0n) is 16.4. The Morgan fingerprint density at radius 2 is 1.93 bits per heavy atom. The van der Waals surface area contributed by atoms with E-state index >= 15 is 0 Å². The Labute approximate surface area is 183 Å². The van der Waals surface area contributed by atoms with Gasteiger partial charge in [0.2, 0.25) is 0 Å². The van der Waals surface area contributed by atoms with E-state index in [1.54, 1.807) is 6.07 Å². The van der Waals surface area contributed by atoms with Crippen molar-refractivity contribution in [2.75, 3.05) is 5.32 Å². The monoisotopic (exact) mass is 437 g/mol. The Hall–Kier alpha value is -2.96. The minimum atomic E-state index is -0.487. The zero-order chi connectivity index (χ0) is 21.1. The fourth-order valence-electron chi connectivity index (χ4n) is 3.24. The molecule has 7 heteroatoms. The van der Waals surface area contributed by atoms with Crippen LogP contribution in [0.3, 0.4) is 0 Å². The Bertz CT molecular complexity index is 1260. The summed E-state index contributed by atoms with van der Waals surface area (Å²) >= 11 is 7.64. The third kappa shape index (κ3) is 4.01. The first-order valence-corrected chi connectivity index (χ1v) is 11.0. The molecule has 1 N–H and O–H groups in total. The first-order chi connectivity index (χ1) is 14.6. The van der Waals surface area contributed by atoms with Crippen molar-refractivity contribution in [3.05, 3.63) is 86.6 Å². The molecule has 0 atom stereocenters. The van der Waals surface area contributed by atoms with Crippen LogP contribution in [-0.2, 0) is 6.42 Å². The fraction of sp³-hybridized carbons (Fsp3) is 0.174. The lowest BCUT2D eigenvalue weighted by atomic mass is 10.1. The zero-order valence-corrected chi connectivity index (χ0v) is 18.0. The number of benzene rings is 2. The Morgan fingerprint density at radius 1 is 1.17 bits per heavy atom.